The summed E-state index contributed by atoms with van der Waals surface area (Å²) in [6.07, 6.45) is 3.59. The molecular formula is C16H19FN2O2. The third-order valence-electron chi connectivity index (χ3n) is 4.44. The van der Waals surface area contributed by atoms with Gasteiger partial charge in [-0.3, -0.25) is 9.59 Å². The van der Waals surface area contributed by atoms with Crippen LogP contribution >= 0.6 is 0 Å². The molecule has 1 saturated carbocycles. The first-order valence-corrected chi connectivity index (χ1v) is 7.44. The summed E-state index contributed by atoms with van der Waals surface area (Å²) in [4.78, 5) is 26.1. The molecule has 1 aromatic rings. The number of amides is 2. The second-order valence-electron chi connectivity index (χ2n) is 5.86. The fourth-order valence-corrected chi connectivity index (χ4v) is 2.94. The zero-order chi connectivity index (χ0) is 14.9. The summed E-state index contributed by atoms with van der Waals surface area (Å²) in [6, 6.07) is 6.06. The first-order chi connectivity index (χ1) is 10.1. The van der Waals surface area contributed by atoms with Crippen LogP contribution in [-0.2, 0) is 15.0 Å². The van der Waals surface area contributed by atoms with Crippen molar-refractivity contribution < 1.29 is 14.0 Å². The van der Waals surface area contributed by atoms with E-state index < -0.39 is 5.41 Å². The molecule has 1 saturated heterocycles. The molecule has 1 heterocycles. The molecule has 5 heteroatoms. The molecule has 0 radical (unpaired) electrons. The van der Waals surface area contributed by atoms with Gasteiger partial charge in [-0.05, 0) is 43.4 Å². The van der Waals surface area contributed by atoms with E-state index >= 15 is 0 Å². The lowest BCUT2D eigenvalue weighted by atomic mass is 9.95. The molecule has 0 unspecified atom stereocenters. The number of nitrogens with one attached hydrogen (secondary N) is 1. The van der Waals surface area contributed by atoms with Crippen LogP contribution in [0, 0.1) is 5.82 Å². The van der Waals surface area contributed by atoms with Crippen molar-refractivity contribution in [3.63, 3.8) is 0 Å². The highest BCUT2D eigenvalue weighted by Crippen LogP contribution is 2.48. The van der Waals surface area contributed by atoms with E-state index in [0.29, 0.717) is 0 Å². The van der Waals surface area contributed by atoms with Crippen LogP contribution in [0.1, 0.15) is 31.2 Å². The lowest BCUT2D eigenvalue weighted by Gasteiger charge is -2.18. The van der Waals surface area contributed by atoms with Gasteiger partial charge in [0.1, 0.15) is 5.82 Å². The SMILES string of the molecule is O=C(CNC(=O)C1(c2ccc(F)cc2)CC1)N1CCCC1. The second-order valence-corrected chi connectivity index (χ2v) is 5.86. The molecule has 1 N–H and O–H groups in total. The molecule has 2 amide bonds. The summed E-state index contributed by atoms with van der Waals surface area (Å²) in [7, 11) is 0. The van der Waals surface area contributed by atoms with Crippen LogP contribution in [0.2, 0.25) is 0 Å². The van der Waals surface area contributed by atoms with Gasteiger partial charge in [-0.15, -0.1) is 0 Å². The summed E-state index contributed by atoms with van der Waals surface area (Å²) in [6.45, 7) is 1.64. The first kappa shape index (κ1) is 14.0. The molecular weight excluding hydrogens is 271 g/mol. The number of hydrogen-bond donors (Lipinski definition) is 1. The van der Waals surface area contributed by atoms with E-state index in [0.717, 1.165) is 44.3 Å². The number of rotatable bonds is 4. The maximum absolute atomic E-state index is 13.0. The van der Waals surface area contributed by atoms with Crippen molar-refractivity contribution in [1.29, 1.82) is 0 Å². The number of benzene rings is 1. The lowest BCUT2D eigenvalue weighted by molar-refractivity contribution is -0.132. The molecule has 0 aromatic heterocycles. The standard InChI is InChI=1S/C16H19FN2O2/c17-13-5-3-12(4-6-13)16(7-8-16)15(21)18-11-14(20)19-9-1-2-10-19/h3-6H,1-2,7-11H2,(H,18,21). The largest absolute Gasteiger partial charge is 0.346 e. The Bertz CT molecular complexity index is 546. The molecule has 1 aliphatic heterocycles. The normalized spacial score (nSPS) is 19.4. The molecule has 1 aromatic carbocycles. The van der Waals surface area contributed by atoms with Crippen LogP contribution in [0.4, 0.5) is 4.39 Å². The Morgan fingerprint density at radius 3 is 2.33 bits per heavy atom. The maximum Gasteiger partial charge on any atom is 0.241 e. The van der Waals surface area contributed by atoms with Crippen molar-refractivity contribution >= 4 is 11.8 Å². The van der Waals surface area contributed by atoms with Crippen molar-refractivity contribution in [3.8, 4) is 0 Å². The minimum absolute atomic E-state index is 0.0178. The van der Waals surface area contributed by atoms with Crippen molar-refractivity contribution in [2.75, 3.05) is 19.6 Å². The smallest absolute Gasteiger partial charge is 0.241 e. The van der Waals surface area contributed by atoms with E-state index in [1.807, 2.05) is 0 Å². The lowest BCUT2D eigenvalue weighted by Crippen LogP contribution is -2.42. The highest BCUT2D eigenvalue weighted by Gasteiger charge is 2.51. The first-order valence-electron chi connectivity index (χ1n) is 7.44. The molecule has 0 spiro atoms. The van der Waals surface area contributed by atoms with E-state index in [4.69, 9.17) is 0 Å². The van der Waals surface area contributed by atoms with Gasteiger partial charge in [0.15, 0.2) is 0 Å². The number of likely N-dealkylation sites (tertiary alicyclic amines) is 1. The monoisotopic (exact) mass is 290 g/mol. The van der Waals surface area contributed by atoms with Gasteiger partial charge in [0.2, 0.25) is 11.8 Å². The predicted octanol–water partition coefficient (Wildman–Crippen LogP) is 1.60. The molecule has 1 aliphatic carbocycles. The van der Waals surface area contributed by atoms with Crippen LogP contribution in [-0.4, -0.2) is 36.3 Å². The predicted molar refractivity (Wildman–Crippen MR) is 76.1 cm³/mol. The Labute approximate surface area is 123 Å². The van der Waals surface area contributed by atoms with Crippen molar-refractivity contribution in [3.05, 3.63) is 35.6 Å². The minimum atomic E-state index is -0.557. The quantitative estimate of drug-likeness (QED) is 0.915. The number of carbonyl (C=O) groups is 2. The van der Waals surface area contributed by atoms with Gasteiger partial charge in [-0.25, -0.2) is 4.39 Å². The van der Waals surface area contributed by atoms with Crippen LogP contribution in [0.15, 0.2) is 24.3 Å². The fourth-order valence-electron chi connectivity index (χ4n) is 2.94. The maximum atomic E-state index is 13.0. The van der Waals surface area contributed by atoms with E-state index in [1.54, 1.807) is 17.0 Å². The Morgan fingerprint density at radius 2 is 1.76 bits per heavy atom. The Balaban J connectivity index is 1.60. The van der Waals surface area contributed by atoms with Crippen molar-refractivity contribution in [2.45, 2.75) is 31.1 Å². The van der Waals surface area contributed by atoms with Gasteiger partial charge in [-0.1, -0.05) is 12.1 Å². The zero-order valence-electron chi connectivity index (χ0n) is 11.9. The molecule has 112 valence electrons. The van der Waals surface area contributed by atoms with E-state index in [9.17, 15) is 14.0 Å². The van der Waals surface area contributed by atoms with Crippen molar-refractivity contribution in [2.24, 2.45) is 0 Å². The topological polar surface area (TPSA) is 49.4 Å². The molecule has 4 nitrogen and oxygen atoms in total. The van der Waals surface area contributed by atoms with Crippen LogP contribution in [0.3, 0.4) is 0 Å². The minimum Gasteiger partial charge on any atom is -0.346 e. The van der Waals surface area contributed by atoms with Gasteiger partial charge < -0.3 is 10.2 Å². The Hall–Kier alpha value is -1.91. The average Bonchev–Trinajstić information content (AvgIpc) is 3.11. The van der Waals surface area contributed by atoms with E-state index in [1.165, 1.54) is 12.1 Å². The van der Waals surface area contributed by atoms with Crippen molar-refractivity contribution in [1.82, 2.24) is 10.2 Å². The number of halogens is 1. The van der Waals surface area contributed by atoms with Gasteiger partial charge in [0.05, 0.1) is 12.0 Å². The van der Waals surface area contributed by atoms with Gasteiger partial charge in [0, 0.05) is 13.1 Å². The third kappa shape index (κ3) is 2.77. The van der Waals surface area contributed by atoms with E-state index in [-0.39, 0.29) is 24.2 Å². The third-order valence-corrected chi connectivity index (χ3v) is 4.44. The van der Waals surface area contributed by atoms with Crippen LogP contribution in [0.5, 0.6) is 0 Å². The molecule has 21 heavy (non-hydrogen) atoms. The molecule has 2 fully saturated rings. The average molecular weight is 290 g/mol. The molecule has 0 atom stereocenters. The fraction of sp³-hybridized carbons (Fsp3) is 0.500. The summed E-state index contributed by atoms with van der Waals surface area (Å²) < 4.78 is 13.0. The second kappa shape index (κ2) is 5.47. The number of carbonyl (C=O) groups excluding carboxylic acids is 2. The van der Waals surface area contributed by atoms with Gasteiger partial charge in [-0.2, -0.15) is 0 Å². The van der Waals surface area contributed by atoms with Gasteiger partial charge >= 0.3 is 0 Å². The highest BCUT2D eigenvalue weighted by molar-refractivity contribution is 5.93. The number of hydrogen-bond acceptors (Lipinski definition) is 2. The summed E-state index contributed by atoms with van der Waals surface area (Å²) in [5, 5.41) is 2.75. The molecule has 2 aliphatic rings. The number of nitrogens with zero attached hydrogens (tertiary/aromatic N) is 1. The van der Waals surface area contributed by atoms with E-state index in [2.05, 4.69) is 5.32 Å². The van der Waals surface area contributed by atoms with Crippen LogP contribution < -0.4 is 5.32 Å². The summed E-state index contributed by atoms with van der Waals surface area (Å²) >= 11 is 0. The van der Waals surface area contributed by atoms with Crippen LogP contribution in [0.25, 0.3) is 0 Å². The molecule has 0 bridgehead atoms. The van der Waals surface area contributed by atoms with Gasteiger partial charge in [0.25, 0.3) is 0 Å². The summed E-state index contributed by atoms with van der Waals surface area (Å²) in [5.74, 6) is -0.448. The highest BCUT2D eigenvalue weighted by atomic mass is 19.1. The Kier molecular flexibility index (Phi) is 3.66. The zero-order valence-corrected chi connectivity index (χ0v) is 11.9. The molecule has 3 rings (SSSR count). The summed E-state index contributed by atoms with van der Waals surface area (Å²) in [5.41, 5.74) is 0.272. The Morgan fingerprint density at radius 1 is 1.14 bits per heavy atom.